The maximum Gasteiger partial charge on any atom is 0.490 e. The molecule has 11 heteroatoms. The molecule has 182 valence electrons. The molecular formula is C23H23F4N3O4. The van der Waals surface area contributed by atoms with Crippen molar-refractivity contribution in [3.63, 3.8) is 0 Å². The van der Waals surface area contributed by atoms with E-state index in [0.717, 1.165) is 5.56 Å². The van der Waals surface area contributed by atoms with Crippen LogP contribution in [0, 0.1) is 5.82 Å². The molecule has 3 N–H and O–H groups in total. The van der Waals surface area contributed by atoms with Gasteiger partial charge in [-0.1, -0.05) is 30.3 Å². The summed E-state index contributed by atoms with van der Waals surface area (Å²) in [6.45, 7) is 4.00. The molecule has 0 bridgehead atoms. The average Bonchev–Trinajstić information content (AvgIpc) is 2.79. The number of rotatable bonds is 7. The van der Waals surface area contributed by atoms with Crippen LogP contribution in [-0.4, -0.2) is 45.0 Å². The van der Waals surface area contributed by atoms with E-state index in [1.54, 1.807) is 18.2 Å². The smallest absolute Gasteiger partial charge is 0.488 e. The van der Waals surface area contributed by atoms with E-state index in [0.29, 0.717) is 23.6 Å². The first-order chi connectivity index (χ1) is 16.0. The summed E-state index contributed by atoms with van der Waals surface area (Å²) < 4.78 is 51.4. The minimum absolute atomic E-state index is 0.101. The van der Waals surface area contributed by atoms with Crippen molar-refractivity contribution in [2.24, 2.45) is 0 Å². The van der Waals surface area contributed by atoms with Crippen LogP contribution in [-0.2, 0) is 4.79 Å². The number of halogens is 4. The highest BCUT2D eigenvalue weighted by molar-refractivity contribution is 5.73. The zero-order chi connectivity index (χ0) is 25.3. The van der Waals surface area contributed by atoms with E-state index >= 15 is 0 Å². The van der Waals surface area contributed by atoms with Crippen molar-refractivity contribution in [2.45, 2.75) is 32.2 Å². The normalized spacial score (nSPS) is 11.9. The highest BCUT2D eigenvalue weighted by atomic mass is 19.4. The van der Waals surface area contributed by atoms with Crippen LogP contribution in [0.1, 0.15) is 25.5 Å². The number of carboxylic acid groups (broad SMARTS) is 1. The summed E-state index contributed by atoms with van der Waals surface area (Å²) in [5.41, 5.74) is 2.02. The van der Waals surface area contributed by atoms with Gasteiger partial charge in [-0.3, -0.25) is 0 Å². The fraction of sp³-hybridized carbons (Fsp3) is 0.261. The van der Waals surface area contributed by atoms with Gasteiger partial charge in [-0.05, 0) is 37.6 Å². The van der Waals surface area contributed by atoms with Crippen molar-refractivity contribution >= 4 is 11.8 Å². The Morgan fingerprint density at radius 3 is 2.29 bits per heavy atom. The number of hydrogen-bond donors (Lipinski definition) is 3. The number of aliphatic hydroxyl groups excluding tert-OH is 1. The Labute approximate surface area is 193 Å². The first kappa shape index (κ1) is 26.5. The van der Waals surface area contributed by atoms with E-state index in [9.17, 15) is 22.7 Å². The minimum atomic E-state index is -5.08. The average molecular weight is 481 g/mol. The van der Waals surface area contributed by atoms with Crippen molar-refractivity contribution in [3.05, 3.63) is 72.3 Å². The van der Waals surface area contributed by atoms with Gasteiger partial charge in [0.05, 0.1) is 17.9 Å². The second-order valence-electron chi connectivity index (χ2n) is 7.21. The number of alkyl halides is 3. The molecule has 0 fully saturated rings. The third-order valence-corrected chi connectivity index (χ3v) is 4.16. The van der Waals surface area contributed by atoms with Crippen LogP contribution in [0.4, 0.5) is 23.4 Å². The lowest BCUT2D eigenvalue weighted by molar-refractivity contribution is -0.192. The van der Waals surface area contributed by atoms with Crippen molar-refractivity contribution in [3.8, 4) is 17.0 Å². The topological polar surface area (TPSA) is 105 Å². The van der Waals surface area contributed by atoms with Gasteiger partial charge >= 0.3 is 12.1 Å². The van der Waals surface area contributed by atoms with Gasteiger partial charge in [0, 0.05) is 18.2 Å². The number of nitrogens with one attached hydrogen (secondary N) is 1. The predicted octanol–water partition coefficient (Wildman–Crippen LogP) is 4.85. The van der Waals surface area contributed by atoms with E-state index < -0.39 is 24.1 Å². The molecule has 0 radical (unpaired) electrons. The van der Waals surface area contributed by atoms with Crippen molar-refractivity contribution in [1.82, 2.24) is 9.97 Å². The Balaban J connectivity index is 0.000000509. The predicted molar refractivity (Wildman–Crippen MR) is 117 cm³/mol. The number of carboxylic acids is 1. The summed E-state index contributed by atoms with van der Waals surface area (Å²) in [7, 11) is 0. The number of aliphatic hydroxyl groups is 1. The number of ether oxygens (including phenoxy) is 1. The fourth-order valence-electron chi connectivity index (χ4n) is 2.62. The van der Waals surface area contributed by atoms with Gasteiger partial charge in [0.1, 0.15) is 12.1 Å². The summed E-state index contributed by atoms with van der Waals surface area (Å²) >= 11 is 0. The molecule has 0 spiro atoms. The molecule has 1 heterocycles. The van der Waals surface area contributed by atoms with Gasteiger partial charge in [0.15, 0.2) is 11.6 Å². The van der Waals surface area contributed by atoms with E-state index in [1.807, 2.05) is 44.2 Å². The zero-order valence-electron chi connectivity index (χ0n) is 18.3. The standard InChI is InChI=1S/C21H22FN3O2.C2HF3O2/c1-14(2)27-20-9-8-16(10-17(20)22)18-11-21(25-13-24-18)23-12-19(26)15-6-4-3-5-7-15;3-2(4,5)1(6)7/h3-11,13-14,19,26H,12H2,1-2H3,(H,23,24,25);(H,6,7)/t19-;/m0./s1. The third kappa shape index (κ3) is 8.32. The highest BCUT2D eigenvalue weighted by Gasteiger charge is 2.38. The van der Waals surface area contributed by atoms with Crippen LogP contribution in [0.2, 0.25) is 0 Å². The summed E-state index contributed by atoms with van der Waals surface area (Å²) in [5, 5.41) is 20.4. The van der Waals surface area contributed by atoms with Crippen LogP contribution < -0.4 is 10.1 Å². The number of aromatic nitrogens is 2. The van der Waals surface area contributed by atoms with Crippen LogP contribution in [0.5, 0.6) is 5.75 Å². The molecule has 0 saturated carbocycles. The SMILES string of the molecule is CC(C)Oc1ccc(-c2cc(NC[C@H](O)c3ccccc3)ncn2)cc1F.O=C(O)C(F)(F)F. The fourth-order valence-corrected chi connectivity index (χ4v) is 2.62. The van der Waals surface area contributed by atoms with Crippen molar-refractivity contribution in [2.75, 3.05) is 11.9 Å². The number of anilines is 1. The minimum Gasteiger partial charge on any atom is -0.488 e. The number of aliphatic carboxylic acids is 1. The quantitative estimate of drug-likeness (QED) is 0.415. The molecule has 3 rings (SSSR count). The summed E-state index contributed by atoms with van der Waals surface area (Å²) in [6.07, 6.45) is -4.44. The van der Waals surface area contributed by atoms with Crippen LogP contribution >= 0.6 is 0 Å². The Hall–Kier alpha value is -3.73. The lowest BCUT2D eigenvalue weighted by Crippen LogP contribution is -2.21. The van der Waals surface area contributed by atoms with Crippen LogP contribution in [0.3, 0.4) is 0 Å². The van der Waals surface area contributed by atoms with Crippen LogP contribution in [0.15, 0.2) is 60.9 Å². The Morgan fingerprint density at radius 2 is 1.74 bits per heavy atom. The zero-order valence-corrected chi connectivity index (χ0v) is 18.3. The molecule has 0 unspecified atom stereocenters. The van der Waals surface area contributed by atoms with Gasteiger partial charge in [0.2, 0.25) is 0 Å². The molecule has 1 aromatic heterocycles. The Morgan fingerprint density at radius 1 is 1.09 bits per heavy atom. The molecule has 0 amide bonds. The summed E-state index contributed by atoms with van der Waals surface area (Å²) in [5.74, 6) is -2.42. The lowest BCUT2D eigenvalue weighted by Gasteiger charge is -2.13. The van der Waals surface area contributed by atoms with E-state index in [1.165, 1.54) is 12.4 Å². The third-order valence-electron chi connectivity index (χ3n) is 4.16. The molecule has 3 aromatic rings. The number of nitrogens with zero attached hydrogens (tertiary/aromatic N) is 2. The Kier molecular flexibility index (Phi) is 9.31. The maximum absolute atomic E-state index is 14.2. The molecule has 0 aliphatic rings. The number of carbonyl (C=O) groups is 1. The number of hydrogen-bond acceptors (Lipinski definition) is 6. The lowest BCUT2D eigenvalue weighted by atomic mass is 10.1. The highest BCUT2D eigenvalue weighted by Crippen LogP contribution is 2.26. The van der Waals surface area contributed by atoms with Gasteiger partial charge in [-0.15, -0.1) is 0 Å². The molecule has 34 heavy (non-hydrogen) atoms. The Bertz CT molecular complexity index is 1080. The largest absolute Gasteiger partial charge is 0.490 e. The first-order valence-corrected chi connectivity index (χ1v) is 10.0. The first-order valence-electron chi connectivity index (χ1n) is 10.0. The van der Waals surface area contributed by atoms with Crippen molar-refractivity contribution in [1.29, 1.82) is 0 Å². The monoisotopic (exact) mass is 481 g/mol. The molecule has 0 saturated heterocycles. The molecule has 1 atom stereocenters. The second kappa shape index (κ2) is 11.9. The molecule has 7 nitrogen and oxygen atoms in total. The van der Waals surface area contributed by atoms with E-state index in [2.05, 4.69) is 15.3 Å². The molecule has 0 aliphatic carbocycles. The van der Waals surface area contributed by atoms with E-state index in [-0.39, 0.29) is 11.9 Å². The van der Waals surface area contributed by atoms with Crippen molar-refractivity contribution < 1.29 is 37.3 Å². The van der Waals surface area contributed by atoms with E-state index in [4.69, 9.17) is 14.6 Å². The molecule has 2 aromatic carbocycles. The van der Waals surface area contributed by atoms with Gasteiger partial charge in [0.25, 0.3) is 0 Å². The summed E-state index contributed by atoms with van der Waals surface area (Å²) in [4.78, 5) is 17.3. The maximum atomic E-state index is 14.2. The van der Waals surface area contributed by atoms with Crippen LogP contribution in [0.25, 0.3) is 11.3 Å². The van der Waals surface area contributed by atoms with Gasteiger partial charge in [-0.2, -0.15) is 13.2 Å². The second-order valence-corrected chi connectivity index (χ2v) is 7.21. The summed E-state index contributed by atoms with van der Waals surface area (Å²) in [6, 6.07) is 15.8. The van der Waals surface area contributed by atoms with Gasteiger partial charge < -0.3 is 20.3 Å². The van der Waals surface area contributed by atoms with Gasteiger partial charge in [-0.25, -0.2) is 19.2 Å². The molecule has 0 aliphatic heterocycles. The number of benzene rings is 2. The molecular weight excluding hydrogens is 458 g/mol.